The molecule has 10 heteroatoms. The molecule has 0 saturated carbocycles. The normalized spacial score (nSPS) is 19.5. The van der Waals surface area contributed by atoms with Crippen LogP contribution >= 0.6 is 0 Å². The standard InChI is InChI=1S/C29H28N4O6/c1-14-23(31-15(2)25(14)29(37)38)11-20-19-9-6-17(10-24(19)33-27(20)35)32-28(36)22-13-30-12-21(26(22)34)16-4-7-18(39-3)8-5-16/h4-11,21-22,30-31H,12-13H2,1-3H3,(H,32,36)(H,33,35)(H,37,38)/b20-11-. The van der Waals surface area contributed by atoms with E-state index in [0.29, 0.717) is 51.8 Å². The fourth-order valence-electron chi connectivity index (χ4n) is 5.18. The van der Waals surface area contributed by atoms with Crippen molar-refractivity contribution in [1.82, 2.24) is 10.3 Å². The maximum atomic E-state index is 13.2. The van der Waals surface area contributed by atoms with Crippen molar-refractivity contribution < 1.29 is 29.0 Å². The minimum Gasteiger partial charge on any atom is -0.497 e. The third-order valence-electron chi connectivity index (χ3n) is 7.27. The van der Waals surface area contributed by atoms with Crippen LogP contribution in [-0.2, 0) is 14.4 Å². The predicted molar refractivity (Wildman–Crippen MR) is 146 cm³/mol. The maximum absolute atomic E-state index is 13.2. The summed E-state index contributed by atoms with van der Waals surface area (Å²) in [5, 5.41) is 18.2. The minimum absolute atomic E-state index is 0.159. The molecule has 39 heavy (non-hydrogen) atoms. The Hall–Kier alpha value is -4.70. The summed E-state index contributed by atoms with van der Waals surface area (Å²) in [6.07, 6.45) is 1.62. The van der Waals surface area contributed by atoms with Gasteiger partial charge in [0.05, 0.1) is 29.9 Å². The number of benzene rings is 2. The van der Waals surface area contributed by atoms with Crippen LogP contribution in [0.5, 0.6) is 5.75 Å². The number of aryl methyl sites for hydroxylation is 1. The monoisotopic (exact) mass is 528 g/mol. The molecule has 200 valence electrons. The number of ketones is 1. The summed E-state index contributed by atoms with van der Waals surface area (Å²) in [6.45, 7) is 4.04. The number of carboxylic acid groups (broad SMARTS) is 1. The summed E-state index contributed by atoms with van der Waals surface area (Å²) in [5.41, 5.74) is 4.52. The molecule has 2 aromatic carbocycles. The number of aromatic carboxylic acids is 1. The van der Waals surface area contributed by atoms with Gasteiger partial charge in [-0.3, -0.25) is 14.4 Å². The number of hydrogen-bond acceptors (Lipinski definition) is 6. The van der Waals surface area contributed by atoms with E-state index < -0.39 is 23.7 Å². The number of carboxylic acids is 1. The molecule has 3 heterocycles. The van der Waals surface area contributed by atoms with Crippen LogP contribution < -0.4 is 20.7 Å². The summed E-state index contributed by atoms with van der Waals surface area (Å²) in [5.74, 6) is -2.59. The van der Waals surface area contributed by atoms with Gasteiger partial charge in [0.2, 0.25) is 5.91 Å². The second-order valence-electron chi connectivity index (χ2n) is 9.67. The highest BCUT2D eigenvalue weighted by atomic mass is 16.5. The number of piperidine rings is 1. The van der Waals surface area contributed by atoms with Gasteiger partial charge in [0.15, 0.2) is 5.78 Å². The van der Waals surface area contributed by atoms with Crippen LogP contribution in [0.1, 0.15) is 44.4 Å². The molecule has 0 radical (unpaired) electrons. The van der Waals surface area contributed by atoms with Crippen LogP contribution in [-0.4, -0.2) is 53.9 Å². The number of carbonyl (C=O) groups excluding carboxylic acids is 3. The van der Waals surface area contributed by atoms with E-state index in [-0.39, 0.29) is 23.8 Å². The first kappa shape index (κ1) is 25.9. The fraction of sp³-hybridized carbons (Fsp3) is 0.241. The van der Waals surface area contributed by atoms with Crippen molar-refractivity contribution in [1.29, 1.82) is 0 Å². The van der Waals surface area contributed by atoms with Crippen molar-refractivity contribution in [3.63, 3.8) is 0 Å². The zero-order valence-electron chi connectivity index (χ0n) is 21.7. The summed E-state index contributed by atoms with van der Waals surface area (Å²) >= 11 is 0. The topological polar surface area (TPSA) is 150 Å². The van der Waals surface area contributed by atoms with Gasteiger partial charge in [0.25, 0.3) is 5.91 Å². The Labute approximate surface area is 224 Å². The molecule has 5 rings (SSSR count). The van der Waals surface area contributed by atoms with E-state index in [4.69, 9.17) is 4.74 Å². The number of ether oxygens (including phenoxy) is 1. The molecule has 0 bridgehead atoms. The van der Waals surface area contributed by atoms with E-state index >= 15 is 0 Å². The Morgan fingerprint density at radius 1 is 1.08 bits per heavy atom. The Morgan fingerprint density at radius 2 is 1.82 bits per heavy atom. The van der Waals surface area contributed by atoms with Crippen molar-refractivity contribution in [2.45, 2.75) is 19.8 Å². The Morgan fingerprint density at radius 3 is 2.49 bits per heavy atom. The van der Waals surface area contributed by atoms with E-state index in [1.54, 1.807) is 57.4 Å². The fourth-order valence-corrected chi connectivity index (χ4v) is 5.18. The van der Waals surface area contributed by atoms with E-state index in [9.17, 15) is 24.3 Å². The average Bonchev–Trinajstić information content (AvgIpc) is 3.37. The Balaban J connectivity index is 1.33. The van der Waals surface area contributed by atoms with Crippen molar-refractivity contribution in [2.75, 3.05) is 30.8 Å². The van der Waals surface area contributed by atoms with Crippen molar-refractivity contribution in [3.05, 3.63) is 76.1 Å². The summed E-state index contributed by atoms with van der Waals surface area (Å²) in [6, 6.07) is 12.3. The Bertz CT molecular complexity index is 1540. The average molecular weight is 529 g/mol. The number of rotatable bonds is 6. The lowest BCUT2D eigenvalue weighted by Crippen LogP contribution is -2.47. The van der Waals surface area contributed by atoms with E-state index in [0.717, 1.165) is 5.56 Å². The van der Waals surface area contributed by atoms with Gasteiger partial charge in [-0.25, -0.2) is 4.79 Å². The van der Waals surface area contributed by atoms with Crippen molar-refractivity contribution >= 4 is 46.6 Å². The highest BCUT2D eigenvalue weighted by molar-refractivity contribution is 6.35. The molecular formula is C29H28N4O6. The quantitative estimate of drug-likeness (QED) is 0.243. The molecule has 2 aliphatic heterocycles. The van der Waals surface area contributed by atoms with Gasteiger partial charge in [-0.15, -0.1) is 0 Å². The number of carbonyl (C=O) groups is 4. The van der Waals surface area contributed by atoms with Crippen LogP contribution in [0.15, 0.2) is 42.5 Å². The molecule has 2 amide bonds. The number of amides is 2. The second-order valence-corrected chi connectivity index (χ2v) is 9.67. The molecule has 2 unspecified atom stereocenters. The zero-order chi connectivity index (χ0) is 27.8. The van der Waals surface area contributed by atoms with Crippen LogP contribution in [0.3, 0.4) is 0 Å². The third kappa shape index (κ3) is 4.82. The van der Waals surface area contributed by atoms with Crippen LogP contribution in [0.2, 0.25) is 0 Å². The number of fused-ring (bicyclic) bond motifs is 1. The lowest BCUT2D eigenvalue weighted by atomic mass is 9.83. The zero-order valence-corrected chi connectivity index (χ0v) is 21.7. The smallest absolute Gasteiger partial charge is 0.337 e. The molecule has 0 spiro atoms. The second kappa shape index (κ2) is 10.2. The van der Waals surface area contributed by atoms with Crippen LogP contribution in [0, 0.1) is 19.8 Å². The van der Waals surface area contributed by atoms with E-state index in [1.165, 1.54) is 0 Å². The van der Waals surface area contributed by atoms with Gasteiger partial charge in [-0.2, -0.15) is 0 Å². The summed E-state index contributed by atoms with van der Waals surface area (Å²) in [4.78, 5) is 53.7. The van der Waals surface area contributed by atoms with Gasteiger partial charge in [-0.05, 0) is 55.3 Å². The number of H-pyrrole nitrogens is 1. The number of methoxy groups -OCH3 is 1. The van der Waals surface area contributed by atoms with Gasteiger partial charge >= 0.3 is 5.97 Å². The number of aromatic nitrogens is 1. The van der Waals surface area contributed by atoms with Crippen molar-refractivity contribution in [3.8, 4) is 5.75 Å². The van der Waals surface area contributed by atoms with Gasteiger partial charge in [-0.1, -0.05) is 18.2 Å². The number of hydrogen-bond donors (Lipinski definition) is 5. The molecule has 2 aliphatic rings. The van der Waals surface area contributed by atoms with Gasteiger partial charge in [0, 0.05) is 35.7 Å². The largest absolute Gasteiger partial charge is 0.497 e. The number of Topliss-reactive ketones (excluding diaryl/α,β-unsaturated/α-hetero) is 1. The van der Waals surface area contributed by atoms with E-state index in [2.05, 4.69) is 20.9 Å². The molecule has 1 saturated heterocycles. The van der Waals surface area contributed by atoms with Gasteiger partial charge < -0.3 is 30.8 Å². The number of aromatic amines is 1. The first-order valence-corrected chi connectivity index (χ1v) is 12.5. The highest BCUT2D eigenvalue weighted by Gasteiger charge is 2.37. The number of anilines is 2. The van der Waals surface area contributed by atoms with Gasteiger partial charge in [0.1, 0.15) is 11.7 Å². The molecule has 5 N–H and O–H groups in total. The first-order chi connectivity index (χ1) is 18.7. The molecule has 1 fully saturated rings. The Kier molecular flexibility index (Phi) is 6.80. The third-order valence-corrected chi connectivity index (χ3v) is 7.27. The lowest BCUT2D eigenvalue weighted by Gasteiger charge is -2.28. The highest BCUT2D eigenvalue weighted by Crippen LogP contribution is 2.36. The van der Waals surface area contributed by atoms with E-state index in [1.807, 2.05) is 12.1 Å². The summed E-state index contributed by atoms with van der Waals surface area (Å²) in [7, 11) is 1.57. The number of nitrogens with one attached hydrogen (secondary N) is 4. The lowest BCUT2D eigenvalue weighted by molar-refractivity contribution is -0.133. The molecule has 3 aromatic rings. The van der Waals surface area contributed by atoms with Crippen molar-refractivity contribution in [2.24, 2.45) is 5.92 Å². The molecular weight excluding hydrogens is 500 g/mol. The SMILES string of the molecule is COc1ccc(C2CNCC(C(=O)Nc3ccc4c(c3)NC(=O)/C4=C\c3[nH]c(C)c(C(=O)O)c3C)C2=O)cc1. The first-order valence-electron chi connectivity index (χ1n) is 12.5. The summed E-state index contributed by atoms with van der Waals surface area (Å²) < 4.78 is 5.19. The predicted octanol–water partition coefficient (Wildman–Crippen LogP) is 3.34. The minimum atomic E-state index is -1.04. The maximum Gasteiger partial charge on any atom is 0.337 e. The molecule has 10 nitrogen and oxygen atoms in total. The van der Waals surface area contributed by atoms with Crippen LogP contribution in [0.4, 0.5) is 11.4 Å². The molecule has 2 atom stereocenters. The molecule has 0 aliphatic carbocycles. The van der Waals surface area contributed by atoms with Crippen LogP contribution in [0.25, 0.3) is 11.6 Å². The molecule has 1 aromatic heterocycles.